The molecular formula is C14H22F2N2O3. The molecule has 0 saturated heterocycles. The van der Waals surface area contributed by atoms with Gasteiger partial charge in [-0.2, -0.15) is 8.78 Å². The van der Waals surface area contributed by atoms with Crippen LogP contribution < -0.4 is 20.5 Å². The molecule has 0 radical (unpaired) electrons. The molecule has 0 aliphatic rings. The lowest BCUT2D eigenvalue weighted by Crippen LogP contribution is -2.29. The van der Waals surface area contributed by atoms with E-state index in [2.05, 4.69) is 10.1 Å². The second-order valence-corrected chi connectivity index (χ2v) is 4.34. The van der Waals surface area contributed by atoms with Gasteiger partial charge < -0.3 is 25.6 Å². The Morgan fingerprint density at radius 1 is 1.33 bits per heavy atom. The van der Waals surface area contributed by atoms with E-state index in [1.165, 1.54) is 6.07 Å². The molecule has 1 aromatic rings. The Morgan fingerprint density at radius 2 is 2.10 bits per heavy atom. The molecule has 0 bridgehead atoms. The first-order chi connectivity index (χ1) is 10.1. The second kappa shape index (κ2) is 9.49. The molecule has 0 spiro atoms. The third-order valence-corrected chi connectivity index (χ3v) is 2.85. The summed E-state index contributed by atoms with van der Waals surface area (Å²) in [5, 5.41) is 12.0. The van der Waals surface area contributed by atoms with E-state index in [-0.39, 0.29) is 24.1 Å². The standard InChI is InChI=1S/C14H22F2N2O3/c1-2-20-13-8-10(4-5-12(13)21-14(15)16)11(9-17)18-6-3-7-19/h4-5,8,11,14,18-19H,2-3,6-7,9,17H2,1H3. The number of nitrogens with two attached hydrogens (primary N) is 1. The van der Waals surface area contributed by atoms with Crippen molar-refractivity contribution in [2.45, 2.75) is 26.0 Å². The highest BCUT2D eigenvalue weighted by molar-refractivity contribution is 5.44. The number of hydrogen-bond donors (Lipinski definition) is 3. The van der Waals surface area contributed by atoms with Crippen molar-refractivity contribution in [3.05, 3.63) is 23.8 Å². The maximum atomic E-state index is 12.3. The highest BCUT2D eigenvalue weighted by Gasteiger charge is 2.15. The van der Waals surface area contributed by atoms with Gasteiger partial charge in [-0.3, -0.25) is 0 Å². The van der Waals surface area contributed by atoms with Gasteiger partial charge in [-0.25, -0.2) is 0 Å². The number of hydrogen-bond acceptors (Lipinski definition) is 5. The Hall–Kier alpha value is -1.44. The van der Waals surface area contributed by atoms with Crippen molar-refractivity contribution in [3.8, 4) is 11.5 Å². The quantitative estimate of drug-likeness (QED) is 0.573. The van der Waals surface area contributed by atoms with Gasteiger partial charge in [-0.05, 0) is 37.6 Å². The van der Waals surface area contributed by atoms with E-state index in [0.29, 0.717) is 26.1 Å². The molecule has 1 rings (SSSR count). The van der Waals surface area contributed by atoms with Crippen molar-refractivity contribution in [1.29, 1.82) is 0 Å². The zero-order valence-electron chi connectivity index (χ0n) is 12.0. The van der Waals surface area contributed by atoms with Crippen LogP contribution in [0.25, 0.3) is 0 Å². The van der Waals surface area contributed by atoms with Crippen molar-refractivity contribution in [1.82, 2.24) is 5.32 Å². The summed E-state index contributed by atoms with van der Waals surface area (Å²) < 4.78 is 34.4. The van der Waals surface area contributed by atoms with Crippen LogP contribution in [0.5, 0.6) is 11.5 Å². The summed E-state index contributed by atoms with van der Waals surface area (Å²) in [5.41, 5.74) is 6.53. The van der Waals surface area contributed by atoms with Gasteiger partial charge in [0.2, 0.25) is 0 Å². The Labute approximate surface area is 123 Å². The van der Waals surface area contributed by atoms with Crippen LogP contribution in [0, 0.1) is 0 Å². The fraction of sp³-hybridized carbons (Fsp3) is 0.571. The molecular weight excluding hydrogens is 282 g/mol. The highest BCUT2D eigenvalue weighted by atomic mass is 19.3. The van der Waals surface area contributed by atoms with Crippen LogP contribution in [0.15, 0.2) is 18.2 Å². The lowest BCUT2D eigenvalue weighted by molar-refractivity contribution is -0.0514. The van der Waals surface area contributed by atoms with Gasteiger partial charge in [0, 0.05) is 19.2 Å². The molecule has 120 valence electrons. The Balaban J connectivity index is 2.88. The summed E-state index contributed by atoms with van der Waals surface area (Å²) in [6, 6.07) is 4.62. The lowest BCUT2D eigenvalue weighted by atomic mass is 10.1. The normalized spacial score (nSPS) is 12.5. The Bertz CT molecular complexity index is 419. The number of rotatable bonds is 10. The summed E-state index contributed by atoms with van der Waals surface area (Å²) in [7, 11) is 0. The first kappa shape index (κ1) is 17.6. The third-order valence-electron chi connectivity index (χ3n) is 2.85. The summed E-state index contributed by atoms with van der Waals surface area (Å²) >= 11 is 0. The van der Waals surface area contributed by atoms with Crippen molar-refractivity contribution < 1.29 is 23.4 Å². The molecule has 7 heteroatoms. The number of aliphatic hydroxyl groups is 1. The number of nitrogens with one attached hydrogen (secondary N) is 1. The summed E-state index contributed by atoms with van der Waals surface area (Å²) in [5.74, 6) is 0.263. The van der Waals surface area contributed by atoms with Gasteiger partial charge in [0.15, 0.2) is 11.5 Å². The Morgan fingerprint density at radius 3 is 2.67 bits per heavy atom. The maximum Gasteiger partial charge on any atom is 0.387 e. The van der Waals surface area contributed by atoms with E-state index in [1.807, 2.05) is 0 Å². The molecule has 0 aliphatic heterocycles. The molecule has 1 atom stereocenters. The Kier molecular flexibility index (Phi) is 7.96. The predicted octanol–water partition coefficient (Wildman–Crippen LogP) is 1.66. The largest absolute Gasteiger partial charge is 0.490 e. The lowest BCUT2D eigenvalue weighted by Gasteiger charge is -2.19. The fourth-order valence-electron chi connectivity index (χ4n) is 1.90. The van der Waals surface area contributed by atoms with Crippen LogP contribution >= 0.6 is 0 Å². The van der Waals surface area contributed by atoms with Gasteiger partial charge in [-0.15, -0.1) is 0 Å². The van der Waals surface area contributed by atoms with E-state index in [4.69, 9.17) is 15.6 Å². The average molecular weight is 304 g/mol. The van der Waals surface area contributed by atoms with Crippen LogP contribution in [0.2, 0.25) is 0 Å². The van der Waals surface area contributed by atoms with Crippen molar-refractivity contribution in [2.75, 3.05) is 26.3 Å². The number of ether oxygens (including phenoxy) is 2. The third kappa shape index (κ3) is 5.82. The minimum atomic E-state index is -2.90. The fourth-order valence-corrected chi connectivity index (χ4v) is 1.90. The number of aliphatic hydroxyl groups excluding tert-OH is 1. The van der Waals surface area contributed by atoms with Crippen molar-refractivity contribution >= 4 is 0 Å². The summed E-state index contributed by atoms with van der Waals surface area (Å²) in [6.07, 6.45) is 0.612. The monoisotopic (exact) mass is 304 g/mol. The van der Waals surface area contributed by atoms with Gasteiger partial charge in [0.05, 0.1) is 6.61 Å². The minimum absolute atomic E-state index is 0.00160. The second-order valence-electron chi connectivity index (χ2n) is 4.34. The van der Waals surface area contributed by atoms with E-state index in [9.17, 15) is 8.78 Å². The van der Waals surface area contributed by atoms with Crippen LogP contribution in [-0.2, 0) is 0 Å². The zero-order chi connectivity index (χ0) is 15.7. The highest BCUT2D eigenvalue weighted by Crippen LogP contribution is 2.31. The molecule has 0 saturated carbocycles. The van der Waals surface area contributed by atoms with Crippen LogP contribution in [0.4, 0.5) is 8.78 Å². The van der Waals surface area contributed by atoms with E-state index in [1.54, 1.807) is 19.1 Å². The van der Waals surface area contributed by atoms with Crippen LogP contribution in [0.3, 0.4) is 0 Å². The first-order valence-corrected chi connectivity index (χ1v) is 6.88. The minimum Gasteiger partial charge on any atom is -0.490 e. The van der Waals surface area contributed by atoms with E-state index < -0.39 is 6.61 Å². The molecule has 0 aromatic heterocycles. The van der Waals surface area contributed by atoms with E-state index >= 15 is 0 Å². The number of benzene rings is 1. The van der Waals surface area contributed by atoms with Crippen molar-refractivity contribution in [2.24, 2.45) is 5.73 Å². The molecule has 0 amide bonds. The molecule has 4 N–H and O–H groups in total. The van der Waals surface area contributed by atoms with Gasteiger partial charge in [-0.1, -0.05) is 6.07 Å². The van der Waals surface area contributed by atoms with Gasteiger partial charge in [0.25, 0.3) is 0 Å². The number of alkyl halides is 2. The SMILES string of the molecule is CCOc1cc(C(CN)NCCCO)ccc1OC(F)F. The van der Waals surface area contributed by atoms with E-state index in [0.717, 1.165) is 5.56 Å². The molecule has 0 fully saturated rings. The van der Waals surface area contributed by atoms with Gasteiger partial charge >= 0.3 is 6.61 Å². The molecule has 21 heavy (non-hydrogen) atoms. The smallest absolute Gasteiger partial charge is 0.387 e. The van der Waals surface area contributed by atoms with Crippen LogP contribution in [0.1, 0.15) is 24.9 Å². The molecule has 1 aromatic carbocycles. The molecule has 0 heterocycles. The van der Waals surface area contributed by atoms with Gasteiger partial charge in [0.1, 0.15) is 0 Å². The predicted molar refractivity (Wildman–Crippen MR) is 75.7 cm³/mol. The zero-order valence-corrected chi connectivity index (χ0v) is 12.0. The molecule has 5 nitrogen and oxygen atoms in total. The maximum absolute atomic E-state index is 12.3. The topological polar surface area (TPSA) is 76.7 Å². The molecule has 1 unspecified atom stereocenters. The van der Waals surface area contributed by atoms with Crippen LogP contribution in [-0.4, -0.2) is 38.0 Å². The van der Waals surface area contributed by atoms with Crippen molar-refractivity contribution in [3.63, 3.8) is 0 Å². The average Bonchev–Trinajstić information content (AvgIpc) is 2.45. The summed E-state index contributed by atoms with van der Waals surface area (Å²) in [6.45, 7) is 0.245. The molecule has 0 aliphatic carbocycles. The number of halogens is 2. The summed E-state index contributed by atoms with van der Waals surface area (Å²) in [4.78, 5) is 0. The first-order valence-electron chi connectivity index (χ1n) is 6.88.